The zero-order valence-electron chi connectivity index (χ0n) is 7.99. The average molecular weight is 187 g/mol. The summed E-state index contributed by atoms with van der Waals surface area (Å²) in [6.07, 6.45) is -0.140. The highest BCUT2D eigenvalue weighted by Gasteiger charge is 2.16. The van der Waals surface area contributed by atoms with E-state index >= 15 is 0 Å². The summed E-state index contributed by atoms with van der Waals surface area (Å²) in [5.41, 5.74) is 0. The van der Waals surface area contributed by atoms with Crippen LogP contribution in [0.1, 0.15) is 12.8 Å². The molecule has 0 saturated heterocycles. The third kappa shape index (κ3) is 4.25. The largest absolute Gasteiger partial charge is 0.469 e. The predicted octanol–water partition coefficient (Wildman–Crippen LogP) is -0.403. The first-order valence-corrected chi connectivity index (χ1v) is 3.80. The fraction of sp³-hybridized carbons (Fsp3) is 0.625. The normalized spacial score (nSPS) is 9.15. The van der Waals surface area contributed by atoms with Gasteiger partial charge in [0.1, 0.15) is 0 Å². The van der Waals surface area contributed by atoms with E-state index in [0.717, 1.165) is 0 Å². The van der Waals surface area contributed by atoms with E-state index in [0.29, 0.717) is 0 Å². The molecular formula is C8H13NO4. The van der Waals surface area contributed by atoms with E-state index in [1.165, 1.54) is 26.1 Å². The highest BCUT2D eigenvalue weighted by atomic mass is 16.5. The van der Waals surface area contributed by atoms with Gasteiger partial charge in [0, 0.05) is 20.5 Å². The molecule has 13 heavy (non-hydrogen) atoms. The first-order chi connectivity index (χ1) is 5.99. The van der Waals surface area contributed by atoms with Gasteiger partial charge in [0.25, 0.3) is 5.91 Å². The lowest BCUT2D eigenvalue weighted by molar-refractivity contribution is -0.145. The van der Waals surface area contributed by atoms with Gasteiger partial charge < -0.3 is 9.64 Å². The van der Waals surface area contributed by atoms with E-state index in [1.807, 2.05) is 0 Å². The van der Waals surface area contributed by atoms with Crippen LogP contribution in [-0.2, 0) is 19.1 Å². The molecule has 5 heteroatoms. The molecule has 0 N–H and O–H groups in total. The van der Waals surface area contributed by atoms with Crippen molar-refractivity contribution in [3.05, 3.63) is 0 Å². The summed E-state index contributed by atoms with van der Waals surface area (Å²) in [7, 11) is 4.21. The number of hydrogen-bond acceptors (Lipinski definition) is 4. The second-order valence-electron chi connectivity index (χ2n) is 2.70. The van der Waals surface area contributed by atoms with Gasteiger partial charge >= 0.3 is 5.97 Å². The minimum absolute atomic E-state index is 0.0467. The third-order valence-corrected chi connectivity index (χ3v) is 1.43. The second kappa shape index (κ2) is 5.29. The van der Waals surface area contributed by atoms with Crippen LogP contribution in [0.15, 0.2) is 0 Å². The van der Waals surface area contributed by atoms with E-state index < -0.39 is 17.7 Å². The minimum Gasteiger partial charge on any atom is -0.469 e. The van der Waals surface area contributed by atoms with Gasteiger partial charge in [-0.2, -0.15) is 0 Å². The van der Waals surface area contributed by atoms with E-state index in [1.54, 1.807) is 0 Å². The monoisotopic (exact) mass is 187 g/mol. The number of esters is 1. The first kappa shape index (κ1) is 11.6. The van der Waals surface area contributed by atoms with Crippen molar-refractivity contribution in [2.24, 2.45) is 0 Å². The predicted molar refractivity (Wildman–Crippen MR) is 45.0 cm³/mol. The molecule has 5 nitrogen and oxygen atoms in total. The molecule has 0 aliphatic rings. The van der Waals surface area contributed by atoms with Crippen molar-refractivity contribution < 1.29 is 19.1 Å². The number of ether oxygens (including phenoxy) is 1. The molecule has 0 atom stereocenters. The molecular weight excluding hydrogens is 174 g/mol. The molecule has 0 unspecified atom stereocenters. The van der Waals surface area contributed by atoms with E-state index in [2.05, 4.69) is 4.74 Å². The number of rotatable bonds is 4. The van der Waals surface area contributed by atoms with E-state index in [-0.39, 0.29) is 12.8 Å². The van der Waals surface area contributed by atoms with Crippen LogP contribution in [0.25, 0.3) is 0 Å². The molecule has 0 fully saturated rings. The highest BCUT2D eigenvalue weighted by Crippen LogP contribution is 1.95. The van der Waals surface area contributed by atoms with Crippen LogP contribution >= 0.6 is 0 Å². The maximum Gasteiger partial charge on any atom is 0.305 e. The summed E-state index contributed by atoms with van der Waals surface area (Å²) < 4.78 is 4.32. The van der Waals surface area contributed by atoms with Crippen molar-refractivity contribution in [1.82, 2.24) is 4.90 Å². The van der Waals surface area contributed by atoms with Crippen molar-refractivity contribution in [2.45, 2.75) is 12.8 Å². The molecule has 0 rings (SSSR count). The Morgan fingerprint density at radius 1 is 1.15 bits per heavy atom. The zero-order valence-corrected chi connectivity index (χ0v) is 7.99. The van der Waals surface area contributed by atoms with Gasteiger partial charge in [0.05, 0.1) is 13.5 Å². The van der Waals surface area contributed by atoms with Crippen molar-refractivity contribution in [3.8, 4) is 0 Å². The number of nitrogens with zero attached hydrogens (tertiary/aromatic N) is 1. The Labute approximate surface area is 76.7 Å². The van der Waals surface area contributed by atoms with Gasteiger partial charge in [-0.15, -0.1) is 0 Å². The molecule has 1 amide bonds. The number of carbonyl (C=O) groups is 3. The number of Topliss-reactive ketones (excluding diaryl/α,β-unsaturated/α-hetero) is 1. The zero-order chi connectivity index (χ0) is 10.4. The number of ketones is 1. The molecule has 0 saturated carbocycles. The van der Waals surface area contributed by atoms with E-state index in [9.17, 15) is 14.4 Å². The Morgan fingerprint density at radius 2 is 1.69 bits per heavy atom. The van der Waals surface area contributed by atoms with Gasteiger partial charge in [0.15, 0.2) is 0 Å². The maximum atomic E-state index is 11.0. The van der Waals surface area contributed by atoms with Crippen LogP contribution in [0.2, 0.25) is 0 Å². The number of likely N-dealkylation sites (N-methyl/N-ethyl adjacent to an activating group) is 1. The van der Waals surface area contributed by atoms with Crippen LogP contribution in [0, 0.1) is 0 Å². The summed E-state index contributed by atoms with van der Waals surface area (Å²) in [5.74, 6) is -1.65. The second-order valence-corrected chi connectivity index (χ2v) is 2.70. The number of methoxy groups -OCH3 is 1. The number of carbonyl (C=O) groups excluding carboxylic acids is 3. The Balaban J connectivity index is 3.88. The first-order valence-electron chi connectivity index (χ1n) is 3.80. The summed E-state index contributed by atoms with van der Waals surface area (Å²) >= 11 is 0. The molecule has 0 radical (unpaired) electrons. The molecule has 0 bridgehead atoms. The summed E-state index contributed by atoms with van der Waals surface area (Å²) in [6.45, 7) is 0. The lowest BCUT2D eigenvalue weighted by Crippen LogP contribution is -2.30. The van der Waals surface area contributed by atoms with Crippen LogP contribution in [0.4, 0.5) is 0 Å². The van der Waals surface area contributed by atoms with Crippen LogP contribution < -0.4 is 0 Å². The Hall–Kier alpha value is -1.39. The molecule has 0 spiro atoms. The molecule has 0 aliphatic carbocycles. The molecule has 0 aromatic carbocycles. The summed E-state index contributed by atoms with van der Waals surface area (Å²) in [4.78, 5) is 33.8. The van der Waals surface area contributed by atoms with Gasteiger partial charge in [-0.3, -0.25) is 14.4 Å². The topological polar surface area (TPSA) is 63.7 Å². The summed E-state index contributed by atoms with van der Waals surface area (Å²) in [6, 6.07) is 0. The highest BCUT2D eigenvalue weighted by molar-refractivity contribution is 6.36. The van der Waals surface area contributed by atoms with Crippen molar-refractivity contribution in [1.29, 1.82) is 0 Å². The van der Waals surface area contributed by atoms with Gasteiger partial charge in [-0.05, 0) is 0 Å². The number of amides is 1. The smallest absolute Gasteiger partial charge is 0.305 e. The molecule has 0 heterocycles. The maximum absolute atomic E-state index is 11.0. The summed E-state index contributed by atoms with van der Waals surface area (Å²) in [5, 5.41) is 0. The lowest BCUT2D eigenvalue weighted by Gasteiger charge is -2.07. The SMILES string of the molecule is COC(=O)CCC(=O)C(=O)N(C)C. The molecule has 0 aromatic rings. The van der Waals surface area contributed by atoms with Crippen molar-refractivity contribution >= 4 is 17.7 Å². The lowest BCUT2D eigenvalue weighted by atomic mass is 10.2. The van der Waals surface area contributed by atoms with Gasteiger partial charge in [-0.1, -0.05) is 0 Å². The van der Waals surface area contributed by atoms with Crippen LogP contribution in [-0.4, -0.2) is 43.8 Å². The average Bonchev–Trinajstić information content (AvgIpc) is 2.11. The van der Waals surface area contributed by atoms with Gasteiger partial charge in [-0.25, -0.2) is 0 Å². The molecule has 0 aromatic heterocycles. The molecule has 0 aliphatic heterocycles. The third-order valence-electron chi connectivity index (χ3n) is 1.43. The Morgan fingerprint density at radius 3 is 2.08 bits per heavy atom. The quantitative estimate of drug-likeness (QED) is 0.443. The fourth-order valence-corrected chi connectivity index (χ4v) is 0.674. The van der Waals surface area contributed by atoms with Crippen molar-refractivity contribution in [3.63, 3.8) is 0 Å². The number of hydrogen-bond donors (Lipinski definition) is 0. The fourth-order valence-electron chi connectivity index (χ4n) is 0.674. The Kier molecular flexibility index (Phi) is 4.72. The minimum atomic E-state index is -0.594. The van der Waals surface area contributed by atoms with Crippen LogP contribution in [0.5, 0.6) is 0 Å². The standard InChI is InChI=1S/C8H13NO4/c1-9(2)8(12)6(10)4-5-7(11)13-3/h4-5H2,1-3H3. The van der Waals surface area contributed by atoms with E-state index in [4.69, 9.17) is 0 Å². The van der Waals surface area contributed by atoms with Crippen LogP contribution in [0.3, 0.4) is 0 Å². The Bertz CT molecular complexity index is 222. The molecule has 74 valence electrons. The van der Waals surface area contributed by atoms with Crippen molar-refractivity contribution in [2.75, 3.05) is 21.2 Å². The van der Waals surface area contributed by atoms with Gasteiger partial charge in [0.2, 0.25) is 5.78 Å².